The molecule has 0 unspecified atom stereocenters. The van der Waals surface area contributed by atoms with E-state index in [0.29, 0.717) is 28.8 Å². The number of benzene rings is 2. The van der Waals surface area contributed by atoms with Gasteiger partial charge in [0.1, 0.15) is 24.7 Å². The first-order valence-corrected chi connectivity index (χ1v) is 8.88. The van der Waals surface area contributed by atoms with Crippen molar-refractivity contribution in [3.8, 4) is 5.75 Å². The maximum atomic E-state index is 12.3. The summed E-state index contributed by atoms with van der Waals surface area (Å²) < 4.78 is 12.6. The summed E-state index contributed by atoms with van der Waals surface area (Å²) in [6, 6.07) is 12.7. The van der Waals surface area contributed by atoms with E-state index in [9.17, 15) is 9.59 Å². The molecule has 1 aromatic heterocycles. The molecular formula is C21H22N2O4. The molecule has 6 heteroatoms. The van der Waals surface area contributed by atoms with Gasteiger partial charge in [-0.15, -0.1) is 0 Å². The lowest BCUT2D eigenvalue weighted by Crippen LogP contribution is -2.23. The Bertz CT molecular complexity index is 1040. The summed E-state index contributed by atoms with van der Waals surface area (Å²) in [5.74, 6) is 0.329. The number of carbonyl (C=O) groups excluding carboxylic acids is 1. The molecule has 0 atom stereocenters. The SMILES string of the molecule is CCn1c(=O)c(C)nc2cc(C(=O)OCCOc3ccccc3C)ccc21. The fraction of sp³-hybridized carbons (Fsp3) is 0.286. The molecule has 0 fully saturated rings. The number of carbonyl (C=O) groups is 1. The third kappa shape index (κ3) is 4.00. The van der Waals surface area contributed by atoms with Gasteiger partial charge in [-0.2, -0.15) is 0 Å². The number of rotatable bonds is 6. The molecule has 6 nitrogen and oxygen atoms in total. The number of hydrogen-bond donors (Lipinski definition) is 0. The summed E-state index contributed by atoms with van der Waals surface area (Å²) >= 11 is 0. The Hall–Kier alpha value is -3.15. The van der Waals surface area contributed by atoms with E-state index in [0.717, 1.165) is 11.3 Å². The number of fused-ring (bicyclic) bond motifs is 1. The van der Waals surface area contributed by atoms with Crippen molar-refractivity contribution in [3.05, 3.63) is 69.6 Å². The van der Waals surface area contributed by atoms with Gasteiger partial charge in [-0.3, -0.25) is 4.79 Å². The Labute approximate surface area is 157 Å². The maximum Gasteiger partial charge on any atom is 0.338 e. The van der Waals surface area contributed by atoms with E-state index in [2.05, 4.69) is 4.98 Å². The quantitative estimate of drug-likeness (QED) is 0.495. The molecule has 0 saturated heterocycles. The van der Waals surface area contributed by atoms with E-state index in [4.69, 9.17) is 9.47 Å². The van der Waals surface area contributed by atoms with Gasteiger partial charge in [0.05, 0.1) is 16.6 Å². The summed E-state index contributed by atoms with van der Waals surface area (Å²) in [7, 11) is 0. The van der Waals surface area contributed by atoms with Crippen LogP contribution in [0.2, 0.25) is 0 Å². The van der Waals surface area contributed by atoms with E-state index in [1.165, 1.54) is 0 Å². The number of hydrogen-bond acceptors (Lipinski definition) is 5. The summed E-state index contributed by atoms with van der Waals surface area (Å²) in [5, 5.41) is 0. The molecular weight excluding hydrogens is 344 g/mol. The Morgan fingerprint density at radius 2 is 1.89 bits per heavy atom. The topological polar surface area (TPSA) is 70.4 Å². The fourth-order valence-electron chi connectivity index (χ4n) is 2.90. The lowest BCUT2D eigenvalue weighted by molar-refractivity contribution is 0.0450. The monoisotopic (exact) mass is 366 g/mol. The molecule has 140 valence electrons. The van der Waals surface area contributed by atoms with Crippen LogP contribution in [-0.2, 0) is 11.3 Å². The van der Waals surface area contributed by atoms with E-state index >= 15 is 0 Å². The molecule has 0 saturated carbocycles. The van der Waals surface area contributed by atoms with E-state index < -0.39 is 5.97 Å². The number of ether oxygens (including phenoxy) is 2. The van der Waals surface area contributed by atoms with Gasteiger partial charge in [0, 0.05) is 6.54 Å². The van der Waals surface area contributed by atoms with Crippen LogP contribution in [-0.4, -0.2) is 28.7 Å². The average molecular weight is 366 g/mol. The first-order valence-electron chi connectivity index (χ1n) is 8.88. The minimum Gasteiger partial charge on any atom is -0.490 e. The summed E-state index contributed by atoms with van der Waals surface area (Å²) in [6.07, 6.45) is 0. The van der Waals surface area contributed by atoms with Gasteiger partial charge >= 0.3 is 5.97 Å². The summed E-state index contributed by atoms with van der Waals surface area (Å²) in [5.41, 5.74) is 3.01. The standard InChI is InChI=1S/C21H22N2O4/c1-4-23-18-10-9-16(13-17(18)22-15(3)20(23)24)21(25)27-12-11-26-19-8-6-5-7-14(19)2/h5-10,13H,4,11-12H2,1-3H3. The predicted molar refractivity (Wildman–Crippen MR) is 103 cm³/mol. The van der Waals surface area contributed by atoms with Gasteiger partial charge in [-0.1, -0.05) is 18.2 Å². The molecule has 3 rings (SSSR count). The Morgan fingerprint density at radius 1 is 1.11 bits per heavy atom. The van der Waals surface area contributed by atoms with Crippen LogP contribution < -0.4 is 10.3 Å². The molecule has 0 N–H and O–H groups in total. The number of esters is 1. The van der Waals surface area contributed by atoms with Gasteiger partial charge < -0.3 is 14.0 Å². The van der Waals surface area contributed by atoms with Crippen LogP contribution in [0.25, 0.3) is 11.0 Å². The van der Waals surface area contributed by atoms with Gasteiger partial charge in [0.15, 0.2) is 0 Å². The van der Waals surface area contributed by atoms with Gasteiger partial charge in [0.25, 0.3) is 5.56 Å². The number of aromatic nitrogens is 2. The molecule has 0 bridgehead atoms. The normalized spacial score (nSPS) is 10.8. The molecule has 0 aliphatic carbocycles. The van der Waals surface area contributed by atoms with Crippen molar-refractivity contribution in [2.45, 2.75) is 27.3 Å². The lowest BCUT2D eigenvalue weighted by atomic mass is 10.2. The largest absolute Gasteiger partial charge is 0.490 e. The molecule has 0 aliphatic rings. The average Bonchev–Trinajstić information content (AvgIpc) is 2.67. The molecule has 2 aromatic carbocycles. The van der Waals surface area contributed by atoms with Crippen molar-refractivity contribution in [2.24, 2.45) is 0 Å². The van der Waals surface area contributed by atoms with Crippen LogP contribution in [0.4, 0.5) is 0 Å². The first-order chi connectivity index (χ1) is 13.0. The third-order valence-electron chi connectivity index (χ3n) is 4.33. The Kier molecular flexibility index (Phi) is 5.54. The van der Waals surface area contributed by atoms with Crippen molar-refractivity contribution in [3.63, 3.8) is 0 Å². The molecule has 1 heterocycles. The third-order valence-corrected chi connectivity index (χ3v) is 4.33. The van der Waals surface area contributed by atoms with Crippen molar-refractivity contribution in [1.82, 2.24) is 9.55 Å². The van der Waals surface area contributed by atoms with Crippen LogP contribution in [0.1, 0.15) is 28.5 Å². The second-order valence-electron chi connectivity index (χ2n) is 6.20. The molecule has 0 aliphatic heterocycles. The van der Waals surface area contributed by atoms with E-state index in [-0.39, 0.29) is 18.8 Å². The number of nitrogens with zero attached hydrogens (tertiary/aromatic N) is 2. The molecule has 0 spiro atoms. The van der Waals surface area contributed by atoms with Crippen LogP contribution in [0, 0.1) is 13.8 Å². The Morgan fingerprint density at radius 3 is 2.63 bits per heavy atom. The summed E-state index contributed by atoms with van der Waals surface area (Å²) in [4.78, 5) is 28.7. The molecule has 0 radical (unpaired) electrons. The molecule has 0 amide bonds. The lowest BCUT2D eigenvalue weighted by Gasteiger charge is -2.11. The maximum absolute atomic E-state index is 12.3. The van der Waals surface area contributed by atoms with Crippen LogP contribution in [0.15, 0.2) is 47.3 Å². The highest BCUT2D eigenvalue weighted by atomic mass is 16.6. The van der Waals surface area contributed by atoms with Crippen molar-refractivity contribution >= 4 is 17.0 Å². The van der Waals surface area contributed by atoms with Gasteiger partial charge in [0.2, 0.25) is 0 Å². The van der Waals surface area contributed by atoms with Crippen LogP contribution >= 0.6 is 0 Å². The molecule has 3 aromatic rings. The highest BCUT2D eigenvalue weighted by molar-refractivity contribution is 5.93. The van der Waals surface area contributed by atoms with E-state index in [1.807, 2.05) is 38.1 Å². The number of aryl methyl sites for hydroxylation is 3. The smallest absolute Gasteiger partial charge is 0.338 e. The highest BCUT2D eigenvalue weighted by Crippen LogP contribution is 2.16. The Balaban J connectivity index is 1.68. The zero-order valence-corrected chi connectivity index (χ0v) is 15.7. The second-order valence-corrected chi connectivity index (χ2v) is 6.20. The fourth-order valence-corrected chi connectivity index (χ4v) is 2.90. The van der Waals surface area contributed by atoms with Crippen LogP contribution in [0.3, 0.4) is 0 Å². The second kappa shape index (κ2) is 8.03. The van der Waals surface area contributed by atoms with Crippen molar-refractivity contribution < 1.29 is 14.3 Å². The predicted octanol–water partition coefficient (Wildman–Crippen LogP) is 3.27. The number of para-hydroxylation sites is 1. The highest BCUT2D eigenvalue weighted by Gasteiger charge is 2.12. The van der Waals surface area contributed by atoms with E-state index in [1.54, 1.807) is 29.7 Å². The van der Waals surface area contributed by atoms with Crippen LogP contribution in [0.5, 0.6) is 5.75 Å². The van der Waals surface area contributed by atoms with Crippen molar-refractivity contribution in [2.75, 3.05) is 13.2 Å². The van der Waals surface area contributed by atoms with Gasteiger partial charge in [-0.05, 0) is 50.6 Å². The zero-order chi connectivity index (χ0) is 19.4. The first kappa shape index (κ1) is 18.6. The summed E-state index contributed by atoms with van der Waals surface area (Å²) in [6.45, 7) is 6.49. The minimum absolute atomic E-state index is 0.117. The van der Waals surface area contributed by atoms with Gasteiger partial charge in [-0.25, -0.2) is 9.78 Å². The minimum atomic E-state index is -0.445. The van der Waals surface area contributed by atoms with Crippen molar-refractivity contribution in [1.29, 1.82) is 0 Å². The molecule has 27 heavy (non-hydrogen) atoms. The zero-order valence-electron chi connectivity index (χ0n) is 15.7.